The largest absolute Gasteiger partial charge is 0.465 e. The van der Waals surface area contributed by atoms with Gasteiger partial charge in [-0.25, -0.2) is 4.79 Å². The normalized spacial score (nSPS) is 23.7. The van der Waals surface area contributed by atoms with Gasteiger partial charge in [0, 0.05) is 12.1 Å². The summed E-state index contributed by atoms with van der Waals surface area (Å²) in [5, 5.41) is 2.49. The van der Waals surface area contributed by atoms with E-state index < -0.39 is 18.3 Å². The fourth-order valence-electron chi connectivity index (χ4n) is 3.80. The lowest BCUT2D eigenvalue weighted by Crippen LogP contribution is -2.56. The summed E-state index contributed by atoms with van der Waals surface area (Å²) in [6, 6.07) is 5.51. The minimum Gasteiger partial charge on any atom is -0.465 e. The number of methoxy groups -OCH3 is 1. The topological polar surface area (TPSA) is 64.3 Å². The second-order valence-electron chi connectivity index (χ2n) is 7.09. The second kappa shape index (κ2) is 8.39. The lowest BCUT2D eigenvalue weighted by atomic mass is 9.72. The van der Waals surface area contributed by atoms with Crippen LogP contribution in [0.3, 0.4) is 0 Å². The molecular formula is C19H27F3N2O2. The Morgan fingerprint density at radius 2 is 2.12 bits per heavy atom. The van der Waals surface area contributed by atoms with E-state index >= 15 is 0 Å². The first-order valence-electron chi connectivity index (χ1n) is 8.95. The van der Waals surface area contributed by atoms with Crippen molar-refractivity contribution in [2.45, 2.75) is 50.7 Å². The minimum atomic E-state index is -4.24. The van der Waals surface area contributed by atoms with Crippen LogP contribution in [0.4, 0.5) is 13.2 Å². The number of esters is 1. The number of alkyl halides is 3. The van der Waals surface area contributed by atoms with Crippen molar-refractivity contribution in [3.63, 3.8) is 0 Å². The Morgan fingerprint density at radius 1 is 1.38 bits per heavy atom. The van der Waals surface area contributed by atoms with Crippen LogP contribution in [0.25, 0.3) is 0 Å². The molecule has 0 radical (unpaired) electrons. The molecular weight excluding hydrogens is 345 g/mol. The van der Waals surface area contributed by atoms with Crippen LogP contribution in [0.1, 0.15) is 47.7 Å². The number of hydrogen-bond acceptors (Lipinski definition) is 4. The Labute approximate surface area is 152 Å². The van der Waals surface area contributed by atoms with Crippen LogP contribution < -0.4 is 11.1 Å². The third kappa shape index (κ3) is 5.20. The van der Waals surface area contributed by atoms with E-state index in [1.807, 2.05) is 19.1 Å². The van der Waals surface area contributed by atoms with E-state index in [2.05, 4.69) is 5.32 Å². The molecule has 26 heavy (non-hydrogen) atoms. The molecule has 1 aromatic carbocycles. The Morgan fingerprint density at radius 3 is 2.73 bits per heavy atom. The number of benzene rings is 1. The van der Waals surface area contributed by atoms with Gasteiger partial charge >= 0.3 is 12.1 Å². The van der Waals surface area contributed by atoms with Gasteiger partial charge in [-0.2, -0.15) is 13.2 Å². The van der Waals surface area contributed by atoms with Gasteiger partial charge in [0.15, 0.2) is 0 Å². The zero-order chi connectivity index (χ0) is 19.4. The van der Waals surface area contributed by atoms with Crippen molar-refractivity contribution >= 4 is 5.97 Å². The van der Waals surface area contributed by atoms with Gasteiger partial charge in [0.1, 0.15) is 0 Å². The van der Waals surface area contributed by atoms with Gasteiger partial charge in [-0.3, -0.25) is 0 Å². The number of carbonyl (C=O) groups excluding carboxylic acids is 1. The summed E-state index contributed by atoms with van der Waals surface area (Å²) >= 11 is 0. The molecule has 0 aromatic heterocycles. The first-order valence-corrected chi connectivity index (χ1v) is 8.95. The number of ether oxygens (including phenoxy) is 1. The number of nitrogens with one attached hydrogen (secondary N) is 1. The van der Waals surface area contributed by atoms with Gasteiger partial charge in [-0.15, -0.1) is 0 Å². The van der Waals surface area contributed by atoms with E-state index in [0.717, 1.165) is 30.4 Å². The summed E-state index contributed by atoms with van der Waals surface area (Å²) in [5.74, 6) is -0.308. The first kappa shape index (κ1) is 20.7. The summed E-state index contributed by atoms with van der Waals surface area (Å²) in [5.41, 5.74) is 8.60. The summed E-state index contributed by atoms with van der Waals surface area (Å²) < 4.78 is 42.1. The highest BCUT2D eigenvalue weighted by atomic mass is 19.4. The molecule has 1 aliphatic rings. The van der Waals surface area contributed by atoms with Crippen LogP contribution in [0.5, 0.6) is 0 Å². The maximum Gasteiger partial charge on any atom is 0.401 e. The van der Waals surface area contributed by atoms with Crippen LogP contribution in [-0.4, -0.2) is 37.9 Å². The zero-order valence-corrected chi connectivity index (χ0v) is 15.3. The number of nitrogens with two attached hydrogens (primary N) is 1. The quantitative estimate of drug-likeness (QED) is 0.779. The van der Waals surface area contributed by atoms with E-state index in [1.54, 1.807) is 6.07 Å². The molecule has 4 nitrogen and oxygen atoms in total. The van der Waals surface area contributed by atoms with Gasteiger partial charge in [-0.1, -0.05) is 19.4 Å². The molecule has 2 rings (SSSR count). The molecule has 0 aliphatic heterocycles. The summed E-state index contributed by atoms with van der Waals surface area (Å²) in [7, 11) is 1.35. The summed E-state index contributed by atoms with van der Waals surface area (Å²) in [6.07, 6.45) is -0.623. The van der Waals surface area contributed by atoms with Crippen molar-refractivity contribution in [3.8, 4) is 0 Å². The number of halogens is 3. The molecule has 0 spiro atoms. The zero-order valence-electron chi connectivity index (χ0n) is 15.3. The van der Waals surface area contributed by atoms with Gasteiger partial charge in [0.05, 0.1) is 19.2 Å². The van der Waals surface area contributed by atoms with Gasteiger partial charge in [-0.05, 0) is 54.9 Å². The maximum atomic E-state index is 12.4. The second-order valence-corrected chi connectivity index (χ2v) is 7.09. The number of rotatable bonds is 5. The van der Waals surface area contributed by atoms with E-state index in [1.165, 1.54) is 7.11 Å². The molecule has 0 bridgehead atoms. The Kier molecular flexibility index (Phi) is 6.69. The number of hydrogen-bond donors (Lipinski definition) is 2. The molecule has 0 unspecified atom stereocenters. The fraction of sp³-hybridized carbons (Fsp3) is 0.632. The number of aryl methyl sites for hydroxylation is 1. The molecule has 146 valence electrons. The SMILES string of the molecule is CC[C@H]1Cc2ccc(C(=O)OC)cc2CCC[C@@]1(N)CNCC(F)(F)F. The summed E-state index contributed by atoms with van der Waals surface area (Å²) in [4.78, 5) is 11.7. The number of fused-ring (bicyclic) bond motifs is 1. The highest BCUT2D eigenvalue weighted by Gasteiger charge is 2.36. The Hall–Kier alpha value is -1.60. The van der Waals surface area contributed by atoms with Crippen molar-refractivity contribution in [3.05, 3.63) is 34.9 Å². The third-order valence-corrected chi connectivity index (χ3v) is 5.27. The molecule has 0 heterocycles. The van der Waals surface area contributed by atoms with Crippen molar-refractivity contribution < 1.29 is 22.7 Å². The molecule has 0 saturated heterocycles. The third-order valence-electron chi connectivity index (χ3n) is 5.27. The minimum absolute atomic E-state index is 0.0614. The first-order chi connectivity index (χ1) is 12.2. The monoisotopic (exact) mass is 372 g/mol. The van der Waals surface area contributed by atoms with Gasteiger partial charge in [0.2, 0.25) is 0 Å². The van der Waals surface area contributed by atoms with E-state index in [4.69, 9.17) is 10.5 Å². The number of carbonyl (C=O) groups is 1. The van der Waals surface area contributed by atoms with Crippen LogP contribution >= 0.6 is 0 Å². The van der Waals surface area contributed by atoms with Crippen molar-refractivity contribution in [1.82, 2.24) is 5.32 Å². The van der Waals surface area contributed by atoms with Crippen molar-refractivity contribution in [2.24, 2.45) is 11.7 Å². The molecule has 0 fully saturated rings. The lowest BCUT2D eigenvalue weighted by molar-refractivity contribution is -0.125. The van der Waals surface area contributed by atoms with E-state index in [-0.39, 0.29) is 18.4 Å². The lowest BCUT2D eigenvalue weighted by Gasteiger charge is -2.40. The average Bonchev–Trinajstić information content (AvgIpc) is 2.57. The van der Waals surface area contributed by atoms with Crippen LogP contribution in [-0.2, 0) is 17.6 Å². The predicted molar refractivity (Wildman–Crippen MR) is 94.0 cm³/mol. The molecule has 1 aliphatic carbocycles. The predicted octanol–water partition coefficient (Wildman–Crippen LogP) is 3.23. The standard InChI is InChI=1S/C19H27F3N2O2/c1-3-16-10-14-6-7-15(17(25)26-2)9-13(14)5-4-8-18(16,23)11-24-12-19(20,21)22/h6-7,9,16,24H,3-5,8,10-12,23H2,1-2H3/t16-,18+/m0/s1. The molecule has 0 saturated carbocycles. The highest BCUT2D eigenvalue weighted by Crippen LogP contribution is 2.32. The van der Waals surface area contributed by atoms with Gasteiger partial charge < -0.3 is 15.8 Å². The Balaban J connectivity index is 2.18. The van der Waals surface area contributed by atoms with Crippen LogP contribution in [0.2, 0.25) is 0 Å². The van der Waals surface area contributed by atoms with E-state index in [9.17, 15) is 18.0 Å². The van der Waals surface area contributed by atoms with Crippen molar-refractivity contribution in [1.29, 1.82) is 0 Å². The van der Waals surface area contributed by atoms with Crippen molar-refractivity contribution in [2.75, 3.05) is 20.2 Å². The summed E-state index contributed by atoms with van der Waals surface area (Å²) in [6.45, 7) is 1.13. The van der Waals surface area contributed by atoms with Crippen LogP contribution in [0, 0.1) is 5.92 Å². The molecule has 7 heteroatoms. The van der Waals surface area contributed by atoms with Gasteiger partial charge in [0.25, 0.3) is 0 Å². The molecule has 3 N–H and O–H groups in total. The highest BCUT2D eigenvalue weighted by molar-refractivity contribution is 5.89. The maximum absolute atomic E-state index is 12.4. The van der Waals surface area contributed by atoms with Crippen LogP contribution in [0.15, 0.2) is 18.2 Å². The molecule has 2 atom stereocenters. The Bertz CT molecular complexity index is 634. The molecule has 1 aromatic rings. The van der Waals surface area contributed by atoms with E-state index in [0.29, 0.717) is 18.4 Å². The fourth-order valence-corrected chi connectivity index (χ4v) is 3.80. The smallest absolute Gasteiger partial charge is 0.401 e. The average molecular weight is 372 g/mol. The molecule has 0 amide bonds.